The second-order valence-corrected chi connectivity index (χ2v) is 4.45. The molecule has 0 atom stereocenters. The van der Waals surface area contributed by atoms with Crippen molar-refractivity contribution in [3.8, 4) is 5.88 Å². The number of hydrogen-bond donors (Lipinski definition) is 1. The van der Waals surface area contributed by atoms with E-state index in [0.29, 0.717) is 5.88 Å². The third kappa shape index (κ3) is 2.87. The Kier molecular flexibility index (Phi) is 4.03. The van der Waals surface area contributed by atoms with Gasteiger partial charge in [0.15, 0.2) is 0 Å². The molecule has 1 fully saturated rings. The highest BCUT2D eigenvalue weighted by atomic mass is 16.5. The number of ether oxygens (including phenoxy) is 1. The van der Waals surface area contributed by atoms with Gasteiger partial charge in [-0.25, -0.2) is 4.98 Å². The summed E-state index contributed by atoms with van der Waals surface area (Å²) in [4.78, 5) is 4.18. The van der Waals surface area contributed by atoms with Crippen LogP contribution in [0.3, 0.4) is 0 Å². The van der Waals surface area contributed by atoms with E-state index in [2.05, 4.69) is 10.3 Å². The molecule has 1 aromatic rings. The van der Waals surface area contributed by atoms with Gasteiger partial charge in [-0.15, -0.1) is 0 Å². The van der Waals surface area contributed by atoms with Gasteiger partial charge in [0.25, 0.3) is 0 Å². The van der Waals surface area contributed by atoms with Crippen molar-refractivity contribution < 1.29 is 4.74 Å². The van der Waals surface area contributed by atoms with Crippen LogP contribution in [-0.4, -0.2) is 18.6 Å². The van der Waals surface area contributed by atoms with Crippen LogP contribution in [0, 0.1) is 5.92 Å². The number of pyridine rings is 1. The quantitative estimate of drug-likeness (QED) is 0.846. The Hall–Kier alpha value is -1.25. The van der Waals surface area contributed by atoms with Crippen molar-refractivity contribution >= 4 is 5.69 Å². The van der Waals surface area contributed by atoms with E-state index in [1.54, 1.807) is 13.3 Å². The van der Waals surface area contributed by atoms with Crippen LogP contribution in [0.15, 0.2) is 18.3 Å². The second kappa shape index (κ2) is 5.73. The Morgan fingerprint density at radius 3 is 2.94 bits per heavy atom. The lowest BCUT2D eigenvalue weighted by molar-refractivity contribution is 0.371. The molecule has 1 N–H and O–H groups in total. The summed E-state index contributed by atoms with van der Waals surface area (Å²) in [6.07, 6.45) is 8.65. The summed E-state index contributed by atoms with van der Waals surface area (Å²) in [5.74, 6) is 1.51. The first kappa shape index (κ1) is 11.2. The molecule has 1 aliphatic carbocycles. The van der Waals surface area contributed by atoms with Crippen molar-refractivity contribution in [3.05, 3.63) is 18.3 Å². The Balaban J connectivity index is 1.88. The summed E-state index contributed by atoms with van der Waals surface area (Å²) in [5, 5.41) is 3.45. The smallest absolute Gasteiger partial charge is 0.237 e. The highest BCUT2D eigenvalue weighted by Gasteiger charge is 2.13. The first-order valence-electron chi connectivity index (χ1n) is 6.13. The summed E-state index contributed by atoms with van der Waals surface area (Å²) >= 11 is 0. The van der Waals surface area contributed by atoms with Gasteiger partial charge < -0.3 is 10.1 Å². The average Bonchev–Trinajstić information content (AvgIpc) is 2.38. The molecule has 0 amide bonds. The average molecular weight is 220 g/mol. The van der Waals surface area contributed by atoms with Crippen molar-refractivity contribution in [1.82, 2.24) is 4.98 Å². The van der Waals surface area contributed by atoms with E-state index in [1.165, 1.54) is 32.1 Å². The number of hydrogen-bond acceptors (Lipinski definition) is 3. The Bertz CT molecular complexity index is 321. The Morgan fingerprint density at radius 2 is 2.19 bits per heavy atom. The number of methoxy groups -OCH3 is 1. The number of anilines is 1. The minimum absolute atomic E-state index is 0.693. The third-order valence-corrected chi connectivity index (χ3v) is 3.27. The molecule has 1 aliphatic rings. The van der Waals surface area contributed by atoms with E-state index < -0.39 is 0 Å². The van der Waals surface area contributed by atoms with Crippen LogP contribution >= 0.6 is 0 Å². The lowest BCUT2D eigenvalue weighted by atomic mass is 9.89. The van der Waals surface area contributed by atoms with Crippen LogP contribution < -0.4 is 10.1 Å². The number of nitrogens with one attached hydrogen (secondary N) is 1. The molecular weight excluding hydrogens is 200 g/mol. The van der Waals surface area contributed by atoms with E-state index in [4.69, 9.17) is 4.74 Å². The molecule has 3 heteroatoms. The van der Waals surface area contributed by atoms with Gasteiger partial charge >= 0.3 is 0 Å². The fourth-order valence-electron chi connectivity index (χ4n) is 2.33. The molecule has 0 spiro atoms. The first-order chi connectivity index (χ1) is 7.90. The van der Waals surface area contributed by atoms with Crippen LogP contribution in [0.1, 0.15) is 32.1 Å². The normalized spacial score (nSPS) is 17.1. The summed E-state index contributed by atoms with van der Waals surface area (Å²) in [7, 11) is 1.66. The van der Waals surface area contributed by atoms with Crippen LogP contribution in [-0.2, 0) is 0 Å². The van der Waals surface area contributed by atoms with E-state index >= 15 is 0 Å². The first-order valence-corrected chi connectivity index (χ1v) is 6.13. The Labute approximate surface area is 97.2 Å². The second-order valence-electron chi connectivity index (χ2n) is 4.45. The molecule has 3 nitrogen and oxygen atoms in total. The zero-order valence-corrected chi connectivity index (χ0v) is 9.91. The molecule has 0 aliphatic heterocycles. The predicted molar refractivity (Wildman–Crippen MR) is 65.9 cm³/mol. The van der Waals surface area contributed by atoms with E-state index in [-0.39, 0.29) is 0 Å². The third-order valence-electron chi connectivity index (χ3n) is 3.27. The molecule has 1 heterocycles. The molecule has 0 bridgehead atoms. The van der Waals surface area contributed by atoms with Gasteiger partial charge in [-0.05, 0) is 30.9 Å². The summed E-state index contributed by atoms with van der Waals surface area (Å²) < 4.78 is 5.21. The van der Waals surface area contributed by atoms with Crippen molar-refractivity contribution in [2.24, 2.45) is 5.92 Å². The maximum atomic E-state index is 5.21. The lowest BCUT2D eigenvalue weighted by Gasteiger charge is -2.22. The monoisotopic (exact) mass is 220 g/mol. The van der Waals surface area contributed by atoms with Gasteiger partial charge in [-0.1, -0.05) is 19.3 Å². The molecule has 0 aromatic carbocycles. The molecule has 0 saturated heterocycles. The van der Waals surface area contributed by atoms with Gasteiger partial charge in [0.1, 0.15) is 0 Å². The van der Waals surface area contributed by atoms with Gasteiger partial charge in [0, 0.05) is 12.7 Å². The minimum Gasteiger partial charge on any atom is -0.480 e. The standard InChI is InChI=1S/C13H20N2O/c1-16-13-12(8-5-9-14-13)15-10-11-6-3-2-4-7-11/h5,8-9,11,15H,2-4,6-7,10H2,1H3. The van der Waals surface area contributed by atoms with Crippen molar-refractivity contribution in [3.63, 3.8) is 0 Å². The maximum Gasteiger partial charge on any atom is 0.237 e. The number of aromatic nitrogens is 1. The van der Waals surface area contributed by atoms with Crippen LogP contribution in [0.5, 0.6) is 5.88 Å². The molecule has 88 valence electrons. The highest BCUT2D eigenvalue weighted by molar-refractivity contribution is 5.51. The van der Waals surface area contributed by atoms with E-state index in [9.17, 15) is 0 Å². The number of rotatable bonds is 4. The molecule has 16 heavy (non-hydrogen) atoms. The zero-order valence-electron chi connectivity index (χ0n) is 9.91. The Morgan fingerprint density at radius 1 is 1.38 bits per heavy atom. The van der Waals surface area contributed by atoms with E-state index in [1.807, 2.05) is 12.1 Å². The largest absolute Gasteiger partial charge is 0.480 e. The lowest BCUT2D eigenvalue weighted by Crippen LogP contribution is -2.17. The predicted octanol–water partition coefficient (Wildman–Crippen LogP) is 3.08. The fourth-order valence-corrected chi connectivity index (χ4v) is 2.33. The molecule has 2 rings (SSSR count). The van der Waals surface area contributed by atoms with Gasteiger partial charge in [-0.3, -0.25) is 0 Å². The van der Waals surface area contributed by atoms with Crippen molar-refractivity contribution in [2.75, 3.05) is 19.0 Å². The van der Waals surface area contributed by atoms with Crippen LogP contribution in [0.2, 0.25) is 0 Å². The summed E-state index contributed by atoms with van der Waals surface area (Å²) in [6.45, 7) is 1.04. The maximum absolute atomic E-state index is 5.21. The minimum atomic E-state index is 0.693. The van der Waals surface area contributed by atoms with Gasteiger partial charge in [0.05, 0.1) is 12.8 Å². The van der Waals surface area contributed by atoms with E-state index in [0.717, 1.165) is 18.2 Å². The number of nitrogens with zero attached hydrogens (tertiary/aromatic N) is 1. The molecular formula is C13H20N2O. The topological polar surface area (TPSA) is 34.1 Å². The summed E-state index contributed by atoms with van der Waals surface area (Å²) in [5.41, 5.74) is 1.01. The van der Waals surface area contributed by atoms with Crippen LogP contribution in [0.25, 0.3) is 0 Å². The fraction of sp³-hybridized carbons (Fsp3) is 0.615. The van der Waals surface area contributed by atoms with Gasteiger partial charge in [-0.2, -0.15) is 0 Å². The summed E-state index contributed by atoms with van der Waals surface area (Å²) in [6, 6.07) is 3.96. The van der Waals surface area contributed by atoms with Crippen molar-refractivity contribution in [1.29, 1.82) is 0 Å². The molecule has 1 saturated carbocycles. The van der Waals surface area contributed by atoms with Crippen LogP contribution in [0.4, 0.5) is 5.69 Å². The van der Waals surface area contributed by atoms with Crippen molar-refractivity contribution in [2.45, 2.75) is 32.1 Å². The molecule has 0 radical (unpaired) electrons. The molecule has 0 unspecified atom stereocenters. The van der Waals surface area contributed by atoms with Gasteiger partial charge in [0.2, 0.25) is 5.88 Å². The molecule has 1 aromatic heterocycles. The zero-order chi connectivity index (χ0) is 11.2. The SMILES string of the molecule is COc1ncccc1NCC1CCCCC1. The highest BCUT2D eigenvalue weighted by Crippen LogP contribution is 2.25.